The van der Waals surface area contributed by atoms with Gasteiger partial charge in [0.2, 0.25) is 11.9 Å². The Labute approximate surface area is 175 Å². The molecule has 1 N–H and O–H groups in total. The molecule has 154 valence electrons. The number of carbonyl (C=O) groups is 2. The molecule has 2 aromatic carbocycles. The van der Waals surface area contributed by atoms with Crippen molar-refractivity contribution in [3.63, 3.8) is 0 Å². The highest BCUT2D eigenvalue weighted by atomic mass is 16.2. The normalized spacial score (nSPS) is 19.3. The topological polar surface area (TPSA) is 67.2 Å². The Hall–Kier alpha value is -3.15. The van der Waals surface area contributed by atoms with Crippen LogP contribution in [-0.4, -0.2) is 27.4 Å². The first-order valence-corrected chi connectivity index (χ1v) is 10.8. The highest BCUT2D eigenvalue weighted by molar-refractivity contribution is 6.04. The van der Waals surface area contributed by atoms with Gasteiger partial charge in [-0.05, 0) is 30.5 Å². The maximum atomic E-state index is 13.5. The van der Waals surface area contributed by atoms with E-state index in [-0.39, 0.29) is 24.3 Å². The van der Waals surface area contributed by atoms with Crippen molar-refractivity contribution in [2.45, 2.75) is 57.2 Å². The fourth-order valence-electron chi connectivity index (χ4n) is 4.78. The van der Waals surface area contributed by atoms with Crippen LogP contribution in [0.5, 0.6) is 0 Å². The zero-order valence-corrected chi connectivity index (χ0v) is 17.0. The van der Waals surface area contributed by atoms with Gasteiger partial charge in [-0.3, -0.25) is 19.1 Å². The van der Waals surface area contributed by atoms with Gasteiger partial charge >= 0.3 is 0 Å². The van der Waals surface area contributed by atoms with E-state index >= 15 is 0 Å². The van der Waals surface area contributed by atoms with Crippen LogP contribution in [0.1, 0.15) is 50.1 Å². The van der Waals surface area contributed by atoms with Crippen molar-refractivity contribution in [1.82, 2.24) is 14.9 Å². The molecular formula is C24H26N4O2. The standard InChI is InChI=1S/C24H26N4O2/c29-22(25-16-17-9-3-1-4-10-17)15-21-23(30)27(18-11-5-2-6-12-18)24-26-19-13-7-8-14-20(19)28(21)24/h1,3-4,7-10,13-14,18,21H,2,5-6,11-12,15-16H2,(H,25,29)/t21-/m1/s1. The summed E-state index contributed by atoms with van der Waals surface area (Å²) in [6.07, 6.45) is 5.63. The van der Waals surface area contributed by atoms with Crippen molar-refractivity contribution < 1.29 is 9.59 Å². The summed E-state index contributed by atoms with van der Waals surface area (Å²) in [4.78, 5) is 32.9. The summed E-state index contributed by atoms with van der Waals surface area (Å²) in [6.45, 7) is 0.463. The van der Waals surface area contributed by atoms with E-state index in [9.17, 15) is 9.59 Å². The van der Waals surface area contributed by atoms with Crippen molar-refractivity contribution in [3.05, 3.63) is 60.2 Å². The van der Waals surface area contributed by atoms with Crippen LogP contribution in [0.4, 0.5) is 5.95 Å². The Morgan fingerprint density at radius 1 is 1.00 bits per heavy atom. The molecule has 5 rings (SSSR count). The van der Waals surface area contributed by atoms with Crippen LogP contribution in [0.15, 0.2) is 54.6 Å². The zero-order chi connectivity index (χ0) is 20.5. The molecular weight excluding hydrogens is 376 g/mol. The predicted molar refractivity (Wildman–Crippen MR) is 116 cm³/mol. The van der Waals surface area contributed by atoms with Gasteiger partial charge in [-0.1, -0.05) is 61.7 Å². The van der Waals surface area contributed by atoms with Gasteiger partial charge in [-0.15, -0.1) is 0 Å². The molecule has 2 amide bonds. The number of carbonyl (C=O) groups excluding carboxylic acids is 2. The van der Waals surface area contributed by atoms with Gasteiger partial charge < -0.3 is 5.32 Å². The number of nitrogens with one attached hydrogen (secondary N) is 1. The third kappa shape index (κ3) is 3.36. The second-order valence-electron chi connectivity index (χ2n) is 8.25. The van der Waals surface area contributed by atoms with Crippen LogP contribution < -0.4 is 10.2 Å². The van der Waals surface area contributed by atoms with Gasteiger partial charge in [0.15, 0.2) is 0 Å². The third-order valence-electron chi connectivity index (χ3n) is 6.28. The quantitative estimate of drug-likeness (QED) is 0.702. The molecule has 0 unspecified atom stereocenters. The first-order valence-electron chi connectivity index (χ1n) is 10.8. The molecule has 30 heavy (non-hydrogen) atoms. The van der Waals surface area contributed by atoms with Gasteiger partial charge in [0, 0.05) is 12.6 Å². The number of nitrogens with zero attached hydrogens (tertiary/aromatic N) is 3. The minimum atomic E-state index is -0.537. The largest absolute Gasteiger partial charge is 0.352 e. The fraction of sp³-hybridized carbons (Fsp3) is 0.375. The molecule has 2 aliphatic rings. The lowest BCUT2D eigenvalue weighted by Gasteiger charge is -2.30. The Morgan fingerprint density at radius 2 is 1.73 bits per heavy atom. The first kappa shape index (κ1) is 18.9. The molecule has 1 aliphatic carbocycles. The number of amides is 2. The smallest absolute Gasteiger partial charge is 0.253 e. The Bertz CT molecular complexity index is 1070. The summed E-state index contributed by atoms with van der Waals surface area (Å²) in [5, 5.41) is 2.97. The number of rotatable bonds is 5. The number of anilines is 1. The van der Waals surface area contributed by atoms with E-state index in [0.717, 1.165) is 42.3 Å². The van der Waals surface area contributed by atoms with Crippen molar-refractivity contribution >= 4 is 28.8 Å². The van der Waals surface area contributed by atoms with Crippen LogP contribution >= 0.6 is 0 Å². The molecule has 0 spiro atoms. The van der Waals surface area contributed by atoms with Gasteiger partial charge in [0.1, 0.15) is 6.04 Å². The van der Waals surface area contributed by atoms with Crippen LogP contribution in [0.25, 0.3) is 11.0 Å². The Kier molecular flexibility index (Phi) is 4.99. The van der Waals surface area contributed by atoms with E-state index in [1.165, 1.54) is 6.42 Å². The summed E-state index contributed by atoms with van der Waals surface area (Å²) in [5.74, 6) is 0.588. The molecule has 0 radical (unpaired) electrons. The average molecular weight is 402 g/mol. The number of aromatic nitrogens is 2. The summed E-state index contributed by atoms with van der Waals surface area (Å²) < 4.78 is 1.98. The molecule has 1 atom stereocenters. The van der Waals surface area contributed by atoms with E-state index in [4.69, 9.17) is 4.98 Å². The molecule has 0 saturated heterocycles. The number of hydrogen-bond donors (Lipinski definition) is 1. The van der Waals surface area contributed by atoms with E-state index in [1.807, 2.05) is 64.1 Å². The van der Waals surface area contributed by atoms with Gasteiger partial charge in [0.25, 0.3) is 5.91 Å². The minimum absolute atomic E-state index is 0.00464. The molecule has 2 heterocycles. The van der Waals surface area contributed by atoms with Crippen molar-refractivity contribution in [2.24, 2.45) is 0 Å². The lowest BCUT2D eigenvalue weighted by Crippen LogP contribution is -2.41. The van der Waals surface area contributed by atoms with Gasteiger partial charge in [-0.2, -0.15) is 0 Å². The molecule has 3 aromatic rings. The lowest BCUT2D eigenvalue weighted by molar-refractivity contribution is -0.127. The monoisotopic (exact) mass is 402 g/mol. The Morgan fingerprint density at radius 3 is 2.53 bits per heavy atom. The maximum absolute atomic E-state index is 13.5. The third-order valence-corrected chi connectivity index (χ3v) is 6.28. The van der Waals surface area contributed by atoms with E-state index in [0.29, 0.717) is 12.5 Å². The van der Waals surface area contributed by atoms with Crippen molar-refractivity contribution in [3.8, 4) is 0 Å². The number of benzene rings is 2. The van der Waals surface area contributed by atoms with Crippen LogP contribution in [0, 0.1) is 0 Å². The van der Waals surface area contributed by atoms with E-state index in [2.05, 4.69) is 5.32 Å². The summed E-state index contributed by atoms with van der Waals surface area (Å²) >= 11 is 0. The van der Waals surface area contributed by atoms with Gasteiger partial charge in [0.05, 0.1) is 17.5 Å². The molecule has 0 bridgehead atoms. The molecule has 1 fully saturated rings. The van der Waals surface area contributed by atoms with Crippen LogP contribution in [-0.2, 0) is 16.1 Å². The highest BCUT2D eigenvalue weighted by Gasteiger charge is 2.44. The van der Waals surface area contributed by atoms with Gasteiger partial charge in [-0.25, -0.2) is 4.98 Å². The maximum Gasteiger partial charge on any atom is 0.253 e. The van der Waals surface area contributed by atoms with Crippen LogP contribution in [0.3, 0.4) is 0 Å². The number of imidazole rings is 1. The second-order valence-corrected chi connectivity index (χ2v) is 8.25. The minimum Gasteiger partial charge on any atom is -0.352 e. The summed E-state index contributed by atoms with van der Waals surface area (Å²) in [6, 6.07) is 17.3. The molecule has 1 saturated carbocycles. The molecule has 1 aromatic heterocycles. The molecule has 6 nitrogen and oxygen atoms in total. The average Bonchev–Trinajstić information content (AvgIpc) is 3.28. The lowest BCUT2D eigenvalue weighted by atomic mass is 9.94. The van der Waals surface area contributed by atoms with Crippen molar-refractivity contribution in [1.29, 1.82) is 0 Å². The van der Waals surface area contributed by atoms with E-state index < -0.39 is 6.04 Å². The molecule has 1 aliphatic heterocycles. The Balaban J connectivity index is 1.42. The highest BCUT2D eigenvalue weighted by Crippen LogP contribution is 2.40. The first-order chi connectivity index (χ1) is 14.7. The summed E-state index contributed by atoms with van der Waals surface area (Å²) in [5.41, 5.74) is 2.83. The number of hydrogen-bond acceptors (Lipinski definition) is 3. The summed E-state index contributed by atoms with van der Waals surface area (Å²) in [7, 11) is 0. The number of para-hydroxylation sites is 2. The zero-order valence-electron chi connectivity index (χ0n) is 17.0. The fourth-order valence-corrected chi connectivity index (χ4v) is 4.78. The van der Waals surface area contributed by atoms with Crippen LogP contribution in [0.2, 0.25) is 0 Å². The van der Waals surface area contributed by atoms with E-state index in [1.54, 1.807) is 0 Å². The SMILES string of the molecule is O=C(C[C@@H]1C(=O)N(C2CCCCC2)c2nc3ccccc3n21)NCc1ccccc1. The predicted octanol–water partition coefficient (Wildman–Crippen LogP) is 3.96. The molecule has 6 heteroatoms. The number of fused-ring (bicyclic) bond motifs is 3. The second kappa shape index (κ2) is 7.94. The van der Waals surface area contributed by atoms with Crippen molar-refractivity contribution in [2.75, 3.05) is 4.90 Å².